The van der Waals surface area contributed by atoms with E-state index >= 15 is 0 Å². The van der Waals surface area contributed by atoms with Crippen LogP contribution in [0.1, 0.15) is 5.56 Å². The van der Waals surface area contributed by atoms with Gasteiger partial charge in [-0.15, -0.1) is 0 Å². The number of hydrogen-bond acceptors (Lipinski definition) is 5. The Morgan fingerprint density at radius 2 is 1.92 bits per heavy atom. The summed E-state index contributed by atoms with van der Waals surface area (Å²) in [5.74, 6) is 1.26. The van der Waals surface area contributed by atoms with Gasteiger partial charge in [-0.25, -0.2) is 5.43 Å². The van der Waals surface area contributed by atoms with Crippen molar-refractivity contribution in [3.05, 3.63) is 52.5 Å². The maximum Gasteiger partial charge on any atom is 0.259 e. The van der Waals surface area contributed by atoms with Crippen LogP contribution in [0.3, 0.4) is 0 Å². The fourth-order valence-corrected chi connectivity index (χ4v) is 2.43. The molecule has 2 aromatic carbocycles. The highest BCUT2D eigenvalue weighted by molar-refractivity contribution is 9.10. The minimum absolute atomic E-state index is 0.121. The number of benzene rings is 2. The van der Waals surface area contributed by atoms with Crippen molar-refractivity contribution < 1.29 is 14.3 Å². The molecule has 1 amide bonds. The number of amides is 1. The average molecular weight is 392 g/mol. The zero-order chi connectivity index (χ0) is 17.4. The monoisotopic (exact) mass is 391 g/mol. The largest absolute Gasteiger partial charge is 0.497 e. The molecule has 0 aromatic heterocycles. The number of carbonyl (C=O) groups excluding carboxylic acids is 1. The summed E-state index contributed by atoms with van der Waals surface area (Å²) in [7, 11) is 3.21. The highest BCUT2D eigenvalue weighted by Gasteiger charge is 2.01. The summed E-state index contributed by atoms with van der Waals surface area (Å²) in [5, 5.41) is 6.93. The molecule has 2 aromatic rings. The molecule has 0 heterocycles. The normalized spacial score (nSPS) is 10.5. The molecule has 0 aliphatic rings. The highest BCUT2D eigenvalue weighted by atomic mass is 79.9. The number of hydrogen-bond donors (Lipinski definition) is 2. The van der Waals surface area contributed by atoms with Crippen LogP contribution in [0.4, 0.5) is 5.69 Å². The van der Waals surface area contributed by atoms with Gasteiger partial charge in [0.2, 0.25) is 0 Å². The molecule has 0 unspecified atom stereocenters. The molecule has 0 radical (unpaired) electrons. The third-order valence-corrected chi connectivity index (χ3v) is 3.74. The molecule has 126 valence electrons. The van der Waals surface area contributed by atoms with Crippen LogP contribution in [0.15, 0.2) is 52.0 Å². The average Bonchev–Trinajstić information content (AvgIpc) is 2.60. The van der Waals surface area contributed by atoms with Gasteiger partial charge in [-0.05, 0) is 64.0 Å². The van der Waals surface area contributed by atoms with E-state index in [-0.39, 0.29) is 12.5 Å². The van der Waals surface area contributed by atoms with E-state index in [1.165, 1.54) is 0 Å². The Balaban J connectivity index is 1.80. The van der Waals surface area contributed by atoms with Crippen molar-refractivity contribution in [1.29, 1.82) is 0 Å². The van der Waals surface area contributed by atoms with Gasteiger partial charge >= 0.3 is 0 Å². The van der Waals surface area contributed by atoms with Crippen molar-refractivity contribution >= 4 is 33.7 Å². The first kappa shape index (κ1) is 17.8. The molecule has 0 saturated carbocycles. The first-order valence-electron chi connectivity index (χ1n) is 7.15. The molecule has 24 heavy (non-hydrogen) atoms. The summed E-state index contributed by atoms with van der Waals surface area (Å²) in [6.07, 6.45) is 1.56. The van der Waals surface area contributed by atoms with Gasteiger partial charge in [0.1, 0.15) is 11.5 Å². The molecule has 0 bridgehead atoms. The number of hydrazone groups is 1. The molecule has 0 spiro atoms. The van der Waals surface area contributed by atoms with E-state index in [9.17, 15) is 4.79 Å². The summed E-state index contributed by atoms with van der Waals surface area (Å²) in [5.41, 5.74) is 4.14. The molecular formula is C17H18BrN3O3. The van der Waals surface area contributed by atoms with Crippen molar-refractivity contribution in [2.45, 2.75) is 0 Å². The Morgan fingerprint density at radius 1 is 1.17 bits per heavy atom. The fourth-order valence-electron chi connectivity index (χ4n) is 1.87. The van der Waals surface area contributed by atoms with Crippen molar-refractivity contribution in [3.8, 4) is 11.5 Å². The van der Waals surface area contributed by atoms with Gasteiger partial charge in [0.05, 0.1) is 31.5 Å². The van der Waals surface area contributed by atoms with Crippen LogP contribution >= 0.6 is 15.9 Å². The van der Waals surface area contributed by atoms with Gasteiger partial charge in [0.25, 0.3) is 5.91 Å². The molecule has 2 rings (SSSR count). The summed E-state index contributed by atoms with van der Waals surface area (Å²) < 4.78 is 11.1. The molecule has 0 atom stereocenters. The van der Waals surface area contributed by atoms with Crippen molar-refractivity contribution in [3.63, 3.8) is 0 Å². The number of nitrogens with one attached hydrogen (secondary N) is 2. The number of rotatable bonds is 7. The number of nitrogens with zero attached hydrogens (tertiary/aromatic N) is 1. The zero-order valence-electron chi connectivity index (χ0n) is 13.4. The predicted molar refractivity (Wildman–Crippen MR) is 97.9 cm³/mol. The highest BCUT2D eigenvalue weighted by Crippen LogP contribution is 2.24. The summed E-state index contributed by atoms with van der Waals surface area (Å²) in [6, 6.07) is 12.8. The Labute approximate surface area is 149 Å². The Morgan fingerprint density at radius 3 is 2.54 bits per heavy atom. The van der Waals surface area contributed by atoms with E-state index in [1.807, 2.05) is 42.5 Å². The lowest BCUT2D eigenvalue weighted by molar-refractivity contribution is -0.119. The van der Waals surface area contributed by atoms with Crippen LogP contribution in [-0.2, 0) is 4.79 Å². The van der Waals surface area contributed by atoms with Crippen LogP contribution in [0.2, 0.25) is 0 Å². The molecule has 0 aliphatic heterocycles. The van der Waals surface area contributed by atoms with Crippen LogP contribution in [-0.4, -0.2) is 32.9 Å². The topological polar surface area (TPSA) is 72.0 Å². The Bertz CT molecular complexity index is 718. The van der Waals surface area contributed by atoms with E-state index in [0.29, 0.717) is 0 Å². The maximum atomic E-state index is 11.8. The lowest BCUT2D eigenvalue weighted by Gasteiger charge is -2.06. The van der Waals surface area contributed by atoms with Gasteiger partial charge in [-0.3, -0.25) is 4.79 Å². The number of methoxy groups -OCH3 is 2. The maximum absolute atomic E-state index is 11.8. The van der Waals surface area contributed by atoms with E-state index < -0.39 is 0 Å². The van der Waals surface area contributed by atoms with Gasteiger partial charge in [-0.2, -0.15) is 5.10 Å². The predicted octanol–water partition coefficient (Wildman–Crippen LogP) is 3.03. The quantitative estimate of drug-likeness (QED) is 0.561. The van der Waals surface area contributed by atoms with Crippen molar-refractivity contribution in [1.82, 2.24) is 5.43 Å². The zero-order valence-corrected chi connectivity index (χ0v) is 15.0. The summed E-state index contributed by atoms with van der Waals surface area (Å²) >= 11 is 3.40. The van der Waals surface area contributed by atoms with E-state index in [2.05, 4.69) is 31.8 Å². The third kappa shape index (κ3) is 5.27. The van der Waals surface area contributed by atoms with Crippen LogP contribution in [0, 0.1) is 0 Å². The third-order valence-electron chi connectivity index (χ3n) is 3.12. The second-order valence-electron chi connectivity index (χ2n) is 4.77. The van der Waals surface area contributed by atoms with Gasteiger partial charge < -0.3 is 14.8 Å². The molecule has 0 fully saturated rings. The summed E-state index contributed by atoms with van der Waals surface area (Å²) in [4.78, 5) is 11.8. The molecule has 2 N–H and O–H groups in total. The van der Waals surface area contributed by atoms with Crippen molar-refractivity contribution in [2.24, 2.45) is 5.10 Å². The first-order valence-corrected chi connectivity index (χ1v) is 7.95. The standard InChI is InChI=1S/C17H18BrN3O3/c1-23-14-6-4-13(5-7-14)19-11-17(22)21-20-10-12-3-8-16(24-2)15(18)9-12/h3-10,19H,11H2,1-2H3,(H,21,22)/b20-10-. The second kappa shape index (κ2) is 8.93. The van der Waals surface area contributed by atoms with E-state index in [4.69, 9.17) is 9.47 Å². The lowest BCUT2D eigenvalue weighted by atomic mass is 10.2. The van der Waals surface area contributed by atoms with Gasteiger partial charge in [-0.1, -0.05) is 0 Å². The fraction of sp³-hybridized carbons (Fsp3) is 0.176. The molecule has 0 saturated heterocycles. The number of anilines is 1. The number of ether oxygens (including phenoxy) is 2. The van der Waals surface area contributed by atoms with Crippen molar-refractivity contribution in [2.75, 3.05) is 26.1 Å². The summed E-state index contributed by atoms with van der Waals surface area (Å²) in [6.45, 7) is 0.121. The van der Waals surface area contributed by atoms with Gasteiger partial charge in [0, 0.05) is 5.69 Å². The Hall–Kier alpha value is -2.54. The lowest BCUT2D eigenvalue weighted by Crippen LogP contribution is -2.25. The van der Waals surface area contributed by atoms with E-state index in [1.54, 1.807) is 20.4 Å². The van der Waals surface area contributed by atoms with Gasteiger partial charge in [0.15, 0.2) is 0 Å². The number of halogens is 1. The van der Waals surface area contributed by atoms with Crippen LogP contribution in [0.5, 0.6) is 11.5 Å². The smallest absolute Gasteiger partial charge is 0.259 e. The second-order valence-corrected chi connectivity index (χ2v) is 5.62. The number of carbonyl (C=O) groups is 1. The first-order chi connectivity index (χ1) is 11.6. The molecule has 6 nitrogen and oxygen atoms in total. The van der Waals surface area contributed by atoms with E-state index in [0.717, 1.165) is 27.2 Å². The molecule has 7 heteroatoms. The molecular weight excluding hydrogens is 374 g/mol. The SMILES string of the molecule is COc1ccc(NCC(=O)N/N=C\c2ccc(OC)c(Br)c2)cc1. The molecule has 0 aliphatic carbocycles. The minimum Gasteiger partial charge on any atom is -0.497 e. The Kier molecular flexibility index (Phi) is 6.62. The minimum atomic E-state index is -0.241. The van der Waals surface area contributed by atoms with Crippen LogP contribution < -0.4 is 20.2 Å². The van der Waals surface area contributed by atoms with Crippen LogP contribution in [0.25, 0.3) is 0 Å².